The summed E-state index contributed by atoms with van der Waals surface area (Å²) in [6.45, 7) is 4.81. The number of nitrogens with one attached hydrogen (secondary N) is 1. The van der Waals surface area contributed by atoms with Crippen LogP contribution >= 0.6 is 35.0 Å². The number of aryl methyl sites for hydroxylation is 2. The zero-order chi connectivity index (χ0) is 25.7. The molecule has 3 rings (SSSR count). The van der Waals surface area contributed by atoms with Crippen LogP contribution < -0.4 is 10.1 Å². The van der Waals surface area contributed by atoms with Gasteiger partial charge in [0, 0.05) is 5.69 Å². The van der Waals surface area contributed by atoms with E-state index in [-0.39, 0.29) is 33.9 Å². The van der Waals surface area contributed by atoms with Crippen LogP contribution in [0.5, 0.6) is 5.75 Å². The van der Waals surface area contributed by atoms with Gasteiger partial charge in [-0.15, -0.1) is 0 Å². The number of hydrogen-bond donors (Lipinski definition) is 1. The number of thioether (sulfide) groups is 1. The average molecular weight is 537 g/mol. The zero-order valence-corrected chi connectivity index (χ0v) is 21.5. The number of esters is 1. The molecule has 0 radical (unpaired) electrons. The molecular weight excluding hydrogens is 515 g/mol. The van der Waals surface area contributed by atoms with Crippen LogP contribution in [0.25, 0.3) is 6.08 Å². The number of benzene rings is 2. The van der Waals surface area contributed by atoms with Gasteiger partial charge in [-0.25, -0.2) is 4.79 Å². The fraction of sp³-hybridized carbons (Fsp3) is 0.250. The highest BCUT2D eigenvalue weighted by Gasteiger charge is 2.36. The van der Waals surface area contributed by atoms with Crippen LogP contribution in [0.3, 0.4) is 0 Å². The standard InChI is InChI=1S/C24H22Cl2N2O6S/c1-4-33-20(30)12-34-22-16(25)8-15(9-17(22)26)10-18-23(31)28(24(32)35-18)11-19(29)27-21-13(2)6-5-7-14(21)3/h5-10H,4,11-12H2,1-3H3,(H,27,29)/b18-10-. The molecular formula is C24H22Cl2N2O6S. The third kappa shape index (κ3) is 6.56. The SMILES string of the molecule is CCOC(=O)COc1c(Cl)cc(/C=C2\SC(=O)N(CC(=O)Nc3c(C)cccc3C)C2=O)cc1Cl. The molecule has 0 unspecified atom stereocenters. The summed E-state index contributed by atoms with van der Waals surface area (Å²) in [7, 11) is 0. The van der Waals surface area contributed by atoms with E-state index in [2.05, 4.69) is 5.32 Å². The van der Waals surface area contributed by atoms with Crippen molar-refractivity contribution < 1.29 is 28.7 Å². The van der Waals surface area contributed by atoms with Gasteiger partial charge in [0.05, 0.1) is 21.6 Å². The predicted molar refractivity (Wildman–Crippen MR) is 136 cm³/mol. The molecule has 8 nitrogen and oxygen atoms in total. The Balaban J connectivity index is 1.71. The van der Waals surface area contributed by atoms with Crippen LogP contribution in [0.1, 0.15) is 23.6 Å². The van der Waals surface area contributed by atoms with Crippen LogP contribution in [0.4, 0.5) is 10.5 Å². The summed E-state index contributed by atoms with van der Waals surface area (Å²) in [5, 5.41) is 2.42. The number of imide groups is 1. The molecule has 1 saturated heterocycles. The maximum Gasteiger partial charge on any atom is 0.344 e. The molecule has 1 heterocycles. The minimum Gasteiger partial charge on any atom is -0.479 e. The Morgan fingerprint density at radius 2 is 1.74 bits per heavy atom. The Kier molecular flexibility index (Phi) is 8.82. The van der Waals surface area contributed by atoms with Crippen molar-refractivity contribution in [2.75, 3.05) is 25.1 Å². The third-order valence-corrected chi connectivity index (χ3v) is 6.35. The second kappa shape index (κ2) is 11.6. The van der Waals surface area contributed by atoms with Crippen molar-refractivity contribution in [2.45, 2.75) is 20.8 Å². The molecule has 3 amide bonds. The first kappa shape index (κ1) is 26.6. The molecule has 1 aliphatic rings. The molecule has 1 fully saturated rings. The fourth-order valence-electron chi connectivity index (χ4n) is 3.26. The first-order chi connectivity index (χ1) is 16.6. The number of carbonyl (C=O) groups is 4. The monoisotopic (exact) mass is 536 g/mol. The Bertz CT molecular complexity index is 1190. The third-order valence-electron chi connectivity index (χ3n) is 4.88. The quantitative estimate of drug-likeness (QED) is 0.364. The smallest absolute Gasteiger partial charge is 0.344 e. The molecule has 0 bridgehead atoms. The van der Waals surface area contributed by atoms with E-state index in [1.54, 1.807) is 6.92 Å². The van der Waals surface area contributed by atoms with Gasteiger partial charge in [-0.3, -0.25) is 19.3 Å². The highest BCUT2D eigenvalue weighted by molar-refractivity contribution is 8.18. The Morgan fingerprint density at radius 1 is 1.11 bits per heavy atom. The largest absolute Gasteiger partial charge is 0.479 e. The van der Waals surface area contributed by atoms with Crippen molar-refractivity contribution >= 4 is 69.8 Å². The second-order valence-corrected chi connectivity index (χ2v) is 9.30. The molecule has 1 aliphatic heterocycles. The number of ether oxygens (including phenoxy) is 2. The van der Waals surface area contributed by atoms with E-state index in [9.17, 15) is 19.2 Å². The Hall–Kier alpha value is -3.01. The van der Waals surface area contributed by atoms with Crippen LogP contribution in [-0.4, -0.2) is 47.7 Å². The number of nitrogens with zero attached hydrogens (tertiary/aromatic N) is 1. The van der Waals surface area contributed by atoms with E-state index in [4.69, 9.17) is 32.7 Å². The van der Waals surface area contributed by atoms with Gasteiger partial charge in [0.25, 0.3) is 11.1 Å². The predicted octanol–water partition coefficient (Wildman–Crippen LogP) is 5.23. The summed E-state index contributed by atoms with van der Waals surface area (Å²) in [6.07, 6.45) is 1.45. The highest BCUT2D eigenvalue weighted by Crippen LogP contribution is 2.37. The number of para-hydroxylation sites is 1. The summed E-state index contributed by atoms with van der Waals surface area (Å²) in [4.78, 5) is 50.3. The van der Waals surface area contributed by atoms with E-state index in [0.717, 1.165) is 16.0 Å². The molecule has 0 aliphatic carbocycles. The maximum absolute atomic E-state index is 12.8. The van der Waals surface area contributed by atoms with Gasteiger partial charge in [-0.05, 0) is 67.4 Å². The van der Waals surface area contributed by atoms with Crippen LogP contribution in [0.15, 0.2) is 35.2 Å². The summed E-state index contributed by atoms with van der Waals surface area (Å²) < 4.78 is 10.1. The van der Waals surface area contributed by atoms with Crippen molar-refractivity contribution in [1.82, 2.24) is 4.90 Å². The van der Waals surface area contributed by atoms with Crippen molar-refractivity contribution in [3.63, 3.8) is 0 Å². The average Bonchev–Trinajstić information content (AvgIpc) is 3.03. The lowest BCUT2D eigenvalue weighted by atomic mass is 10.1. The maximum atomic E-state index is 12.8. The van der Waals surface area contributed by atoms with E-state index in [1.807, 2.05) is 32.0 Å². The van der Waals surface area contributed by atoms with E-state index in [1.165, 1.54) is 18.2 Å². The fourth-order valence-corrected chi connectivity index (χ4v) is 4.71. The van der Waals surface area contributed by atoms with Crippen molar-refractivity contribution in [3.8, 4) is 5.75 Å². The first-order valence-electron chi connectivity index (χ1n) is 10.5. The Morgan fingerprint density at radius 3 is 2.34 bits per heavy atom. The topological polar surface area (TPSA) is 102 Å². The summed E-state index contributed by atoms with van der Waals surface area (Å²) in [6, 6.07) is 8.55. The molecule has 2 aromatic carbocycles. The van der Waals surface area contributed by atoms with E-state index < -0.39 is 29.6 Å². The number of rotatable bonds is 8. The van der Waals surface area contributed by atoms with Crippen molar-refractivity contribution in [1.29, 1.82) is 0 Å². The molecule has 0 atom stereocenters. The van der Waals surface area contributed by atoms with Gasteiger partial charge in [0.1, 0.15) is 6.54 Å². The van der Waals surface area contributed by atoms with Gasteiger partial charge < -0.3 is 14.8 Å². The summed E-state index contributed by atoms with van der Waals surface area (Å²) in [5.41, 5.74) is 2.83. The number of carbonyl (C=O) groups excluding carboxylic acids is 4. The molecule has 11 heteroatoms. The number of hydrogen-bond acceptors (Lipinski definition) is 7. The molecule has 0 spiro atoms. The number of amides is 3. The van der Waals surface area contributed by atoms with Crippen molar-refractivity contribution in [2.24, 2.45) is 0 Å². The van der Waals surface area contributed by atoms with E-state index in [0.29, 0.717) is 23.0 Å². The molecule has 35 heavy (non-hydrogen) atoms. The van der Waals surface area contributed by atoms with Gasteiger partial charge in [-0.2, -0.15) is 0 Å². The molecule has 1 N–H and O–H groups in total. The normalized spacial score (nSPS) is 14.4. The van der Waals surface area contributed by atoms with E-state index >= 15 is 0 Å². The lowest BCUT2D eigenvalue weighted by Gasteiger charge is -2.15. The molecule has 0 saturated carbocycles. The zero-order valence-electron chi connectivity index (χ0n) is 19.1. The minimum absolute atomic E-state index is 0.0924. The van der Waals surface area contributed by atoms with Crippen LogP contribution in [-0.2, 0) is 19.1 Å². The lowest BCUT2D eigenvalue weighted by molar-refractivity contribution is -0.145. The second-order valence-electron chi connectivity index (χ2n) is 7.49. The number of halogens is 2. The lowest BCUT2D eigenvalue weighted by Crippen LogP contribution is -2.36. The van der Waals surface area contributed by atoms with Crippen molar-refractivity contribution in [3.05, 3.63) is 62.0 Å². The first-order valence-corrected chi connectivity index (χ1v) is 12.1. The molecule has 2 aromatic rings. The minimum atomic E-state index is -0.605. The summed E-state index contributed by atoms with van der Waals surface area (Å²) >= 11 is 13.2. The van der Waals surface area contributed by atoms with Crippen LogP contribution in [0.2, 0.25) is 10.0 Å². The highest BCUT2D eigenvalue weighted by atomic mass is 35.5. The number of anilines is 1. The molecule has 184 valence electrons. The van der Waals surface area contributed by atoms with Gasteiger partial charge >= 0.3 is 5.97 Å². The van der Waals surface area contributed by atoms with Crippen LogP contribution in [0, 0.1) is 13.8 Å². The molecule has 0 aromatic heterocycles. The van der Waals surface area contributed by atoms with Gasteiger partial charge in [-0.1, -0.05) is 41.4 Å². The Labute approximate surface area is 216 Å². The van der Waals surface area contributed by atoms with Gasteiger partial charge in [0.15, 0.2) is 12.4 Å². The van der Waals surface area contributed by atoms with Gasteiger partial charge in [0.2, 0.25) is 5.91 Å². The summed E-state index contributed by atoms with van der Waals surface area (Å²) in [5.74, 6) is -1.57.